The number of thioether (sulfide) groups is 1. The van der Waals surface area contributed by atoms with Gasteiger partial charge in [-0.25, -0.2) is 0 Å². The Bertz CT molecular complexity index is 709. The lowest BCUT2D eigenvalue weighted by Crippen LogP contribution is -2.56. The molecule has 0 saturated carbocycles. The fraction of sp³-hybridized carbons (Fsp3) is 1.00. The molecule has 0 aromatic rings. The summed E-state index contributed by atoms with van der Waals surface area (Å²) < 4.78 is 58.0. The fourth-order valence-electron chi connectivity index (χ4n) is 5.49. The van der Waals surface area contributed by atoms with Crippen molar-refractivity contribution in [1.82, 2.24) is 5.32 Å². The van der Waals surface area contributed by atoms with Crippen LogP contribution in [0.25, 0.3) is 0 Å². The maximum Gasteiger partial charge on any atom is 0.150 e. The molecule has 3 fully saturated rings. The van der Waals surface area contributed by atoms with Gasteiger partial charge in [0.15, 0.2) is 0 Å². The maximum absolute atomic E-state index is 6.17. The molecule has 15 heteroatoms. The molecule has 0 amide bonds. The van der Waals surface area contributed by atoms with E-state index in [1.807, 2.05) is 19.6 Å². The Balaban J connectivity index is 1.39. The summed E-state index contributed by atoms with van der Waals surface area (Å²) in [7, 11) is 13.0. The van der Waals surface area contributed by atoms with Gasteiger partial charge in [0.1, 0.15) is 35.7 Å². The van der Waals surface area contributed by atoms with Gasteiger partial charge < -0.3 is 52.7 Å². The SMILES string of the molecule is B[C@@H]1OCC(OC)C1SCCOC[C@@]1(B)OCC(OC)C1NCCOC[C@@]1(B)OCC(OC)C1OCCOC. The molecule has 0 aliphatic carbocycles. The monoisotopic (exact) mass is 575 g/mol. The fourth-order valence-corrected chi connectivity index (χ4v) is 6.73. The second kappa shape index (κ2) is 16.7. The van der Waals surface area contributed by atoms with Crippen LogP contribution in [0.2, 0.25) is 0 Å². The van der Waals surface area contributed by atoms with Crippen molar-refractivity contribution >= 4 is 35.3 Å². The highest BCUT2D eigenvalue weighted by Gasteiger charge is 2.49. The molecular weight excluding hydrogens is 527 g/mol. The number of ether oxygens (including phenoxy) is 10. The van der Waals surface area contributed by atoms with Crippen LogP contribution in [0.3, 0.4) is 0 Å². The second-order valence-electron chi connectivity index (χ2n) is 10.8. The van der Waals surface area contributed by atoms with Crippen LogP contribution in [0, 0.1) is 0 Å². The molecule has 3 aliphatic rings. The van der Waals surface area contributed by atoms with Crippen molar-refractivity contribution in [2.24, 2.45) is 0 Å². The van der Waals surface area contributed by atoms with E-state index in [0.717, 1.165) is 5.75 Å². The van der Waals surface area contributed by atoms with Crippen LogP contribution >= 0.6 is 11.8 Å². The standard InChI is InChI=1S/C24H48B3NO10S/c1-29-7-8-35-21-18(32-4)13-38-24(21,27)15-33-6-5-28-20-17(31-3)12-37-23(20,26)14-34-9-10-39-19-16(30-2)11-36-22(19)25/h16-22,28H,5-15,25-27H2,1-4H3/t16?,17?,18?,19?,20?,21?,22-,23-,24-/m1/s1. The van der Waals surface area contributed by atoms with Crippen LogP contribution in [0.1, 0.15) is 0 Å². The molecule has 11 nitrogen and oxygen atoms in total. The van der Waals surface area contributed by atoms with E-state index in [-0.39, 0.29) is 36.5 Å². The highest BCUT2D eigenvalue weighted by atomic mass is 32.2. The summed E-state index contributed by atoms with van der Waals surface area (Å²) in [5.74, 6) is 0.870. The van der Waals surface area contributed by atoms with Gasteiger partial charge in [-0.2, -0.15) is 11.8 Å². The van der Waals surface area contributed by atoms with Crippen LogP contribution in [-0.2, 0) is 47.4 Å². The molecule has 3 saturated heterocycles. The molecule has 3 heterocycles. The minimum atomic E-state index is -0.591. The van der Waals surface area contributed by atoms with E-state index < -0.39 is 11.0 Å². The molecule has 9 atom stereocenters. The summed E-state index contributed by atoms with van der Waals surface area (Å²) in [4.78, 5) is 0. The first-order valence-electron chi connectivity index (χ1n) is 13.9. The highest BCUT2D eigenvalue weighted by molar-refractivity contribution is 8.00. The average molecular weight is 575 g/mol. The molecule has 0 aromatic carbocycles. The van der Waals surface area contributed by atoms with Crippen molar-refractivity contribution in [3.05, 3.63) is 0 Å². The minimum absolute atomic E-state index is 0.0267. The zero-order valence-corrected chi connectivity index (χ0v) is 25.6. The number of rotatable bonds is 19. The zero-order chi connectivity index (χ0) is 28.3. The van der Waals surface area contributed by atoms with Crippen LogP contribution in [-0.4, -0.2) is 176 Å². The Labute approximate surface area is 240 Å². The van der Waals surface area contributed by atoms with Gasteiger partial charge in [0, 0.05) is 46.7 Å². The number of nitrogens with one attached hydrogen (secondary N) is 1. The first-order chi connectivity index (χ1) is 18.8. The Morgan fingerprint density at radius 1 is 0.821 bits per heavy atom. The summed E-state index contributed by atoms with van der Waals surface area (Å²) >= 11 is 1.84. The van der Waals surface area contributed by atoms with Gasteiger partial charge in [-0.15, -0.1) is 0 Å². The second-order valence-corrected chi connectivity index (χ2v) is 12.1. The van der Waals surface area contributed by atoms with Crippen LogP contribution in [0.5, 0.6) is 0 Å². The molecule has 0 bridgehead atoms. The Kier molecular flexibility index (Phi) is 14.4. The first-order valence-corrected chi connectivity index (χ1v) is 15.0. The molecular formula is C24H48B3NO10S. The number of methoxy groups -OCH3 is 4. The van der Waals surface area contributed by atoms with E-state index in [1.54, 1.807) is 28.4 Å². The molecule has 3 rings (SSSR count). The van der Waals surface area contributed by atoms with Crippen LogP contribution in [0.4, 0.5) is 0 Å². The number of hydrogen-bond donors (Lipinski definition) is 1. The van der Waals surface area contributed by atoms with Gasteiger partial charge in [0.2, 0.25) is 0 Å². The zero-order valence-electron chi connectivity index (χ0n) is 24.8. The summed E-state index contributed by atoms with van der Waals surface area (Å²) in [5, 5.41) is 3.91. The maximum atomic E-state index is 6.17. The summed E-state index contributed by atoms with van der Waals surface area (Å²) in [6.07, 6.45) is -0.293. The molecule has 0 spiro atoms. The van der Waals surface area contributed by atoms with E-state index in [2.05, 4.69) is 21.0 Å². The molecule has 39 heavy (non-hydrogen) atoms. The van der Waals surface area contributed by atoms with Crippen molar-refractivity contribution in [2.75, 3.05) is 100 Å². The van der Waals surface area contributed by atoms with E-state index >= 15 is 0 Å². The van der Waals surface area contributed by atoms with Gasteiger partial charge in [0.25, 0.3) is 0 Å². The van der Waals surface area contributed by atoms with Gasteiger partial charge in [-0.05, 0) is 0 Å². The Hall–Kier alpha value is 0.105. The molecule has 6 unspecified atom stereocenters. The third-order valence-electron chi connectivity index (χ3n) is 7.90. The van der Waals surface area contributed by atoms with Gasteiger partial charge in [-0.1, -0.05) is 0 Å². The van der Waals surface area contributed by atoms with E-state index in [9.17, 15) is 0 Å². The quantitative estimate of drug-likeness (QED) is 0.125. The Morgan fingerprint density at radius 3 is 2.21 bits per heavy atom. The first kappa shape index (κ1) is 33.6. The average Bonchev–Trinajstić information content (AvgIpc) is 3.56. The van der Waals surface area contributed by atoms with E-state index in [1.165, 1.54) is 0 Å². The lowest BCUT2D eigenvalue weighted by molar-refractivity contribution is -0.0991. The summed E-state index contributed by atoms with van der Waals surface area (Å²) in [5.41, 5.74) is -1.09. The van der Waals surface area contributed by atoms with E-state index in [0.29, 0.717) is 71.3 Å². The van der Waals surface area contributed by atoms with Crippen molar-refractivity contribution in [1.29, 1.82) is 0 Å². The lowest BCUT2D eigenvalue weighted by atomic mass is 9.75. The molecule has 0 aromatic heterocycles. The highest BCUT2D eigenvalue weighted by Crippen LogP contribution is 2.30. The van der Waals surface area contributed by atoms with E-state index in [4.69, 9.17) is 47.4 Å². The van der Waals surface area contributed by atoms with Gasteiger partial charge in [-0.3, -0.25) is 0 Å². The van der Waals surface area contributed by atoms with Gasteiger partial charge >= 0.3 is 0 Å². The molecule has 3 aliphatic heterocycles. The van der Waals surface area contributed by atoms with Crippen molar-refractivity contribution in [3.8, 4) is 0 Å². The van der Waals surface area contributed by atoms with Crippen molar-refractivity contribution < 1.29 is 47.4 Å². The smallest absolute Gasteiger partial charge is 0.150 e. The predicted octanol–water partition coefficient (Wildman–Crippen LogP) is -3.14. The minimum Gasteiger partial charge on any atom is -0.383 e. The largest absolute Gasteiger partial charge is 0.383 e. The topological polar surface area (TPSA) is 104 Å². The molecule has 0 radical (unpaired) electrons. The van der Waals surface area contributed by atoms with Gasteiger partial charge in [0.05, 0.1) is 94.0 Å². The summed E-state index contributed by atoms with van der Waals surface area (Å²) in [6, 6.07) is 0.161. The molecule has 224 valence electrons. The third kappa shape index (κ3) is 9.05. The Morgan fingerprint density at radius 2 is 1.49 bits per heavy atom. The third-order valence-corrected chi connectivity index (χ3v) is 9.37. The van der Waals surface area contributed by atoms with Crippen molar-refractivity contribution in [2.45, 2.75) is 52.7 Å². The van der Waals surface area contributed by atoms with Crippen molar-refractivity contribution in [3.63, 3.8) is 0 Å². The normalized spacial score (nSPS) is 38.6. The summed E-state index contributed by atoms with van der Waals surface area (Å²) in [6.45, 7) is 5.27. The predicted molar refractivity (Wildman–Crippen MR) is 156 cm³/mol. The molecule has 1 N–H and O–H groups in total. The lowest BCUT2D eigenvalue weighted by Gasteiger charge is -2.33. The number of hydrogen-bond acceptors (Lipinski definition) is 12. The van der Waals surface area contributed by atoms with Crippen LogP contribution in [0.15, 0.2) is 0 Å². The van der Waals surface area contributed by atoms with Crippen LogP contribution < -0.4 is 5.32 Å².